The van der Waals surface area contributed by atoms with Crippen molar-refractivity contribution in [3.63, 3.8) is 0 Å². The standard InChI is InChI=1S/C13H18F3NOS/c1-9(17-19(18)12(2,3)4)10-5-7-11(8-6-10)13(14,15)16/h5-9,17H,1-4H3/t9-,19-/m0/s1. The third-order valence-electron chi connectivity index (χ3n) is 2.58. The first kappa shape index (κ1) is 16.2. The van der Waals surface area contributed by atoms with Crippen LogP contribution >= 0.6 is 0 Å². The summed E-state index contributed by atoms with van der Waals surface area (Å²) in [5.41, 5.74) is -0.00834. The highest BCUT2D eigenvalue weighted by Gasteiger charge is 2.30. The van der Waals surface area contributed by atoms with Crippen LogP contribution in [0.5, 0.6) is 0 Å². The molecule has 2 atom stereocenters. The van der Waals surface area contributed by atoms with E-state index in [1.165, 1.54) is 12.1 Å². The predicted octanol–water partition coefficient (Wildman–Crippen LogP) is 3.82. The van der Waals surface area contributed by atoms with Gasteiger partial charge in [-0.3, -0.25) is 0 Å². The summed E-state index contributed by atoms with van der Waals surface area (Å²) in [5.74, 6) is 0. The Morgan fingerprint density at radius 1 is 1.11 bits per heavy atom. The van der Waals surface area contributed by atoms with Crippen LogP contribution in [0.2, 0.25) is 0 Å². The average molecular weight is 293 g/mol. The van der Waals surface area contributed by atoms with Crippen LogP contribution in [0.4, 0.5) is 13.2 Å². The second-order valence-electron chi connectivity index (χ2n) is 5.34. The van der Waals surface area contributed by atoms with Crippen LogP contribution in [0.25, 0.3) is 0 Å². The minimum Gasteiger partial charge on any atom is -0.242 e. The van der Waals surface area contributed by atoms with Gasteiger partial charge in [-0.1, -0.05) is 12.1 Å². The van der Waals surface area contributed by atoms with Crippen LogP contribution in [-0.4, -0.2) is 8.96 Å². The van der Waals surface area contributed by atoms with Gasteiger partial charge in [0.15, 0.2) is 0 Å². The van der Waals surface area contributed by atoms with Gasteiger partial charge in [0.05, 0.1) is 21.3 Å². The Hall–Kier alpha value is -0.880. The number of benzene rings is 1. The highest BCUT2D eigenvalue weighted by atomic mass is 32.2. The molecule has 0 saturated carbocycles. The second kappa shape index (κ2) is 5.63. The van der Waals surface area contributed by atoms with Crippen LogP contribution in [-0.2, 0) is 17.2 Å². The summed E-state index contributed by atoms with van der Waals surface area (Å²) in [6.07, 6.45) is -4.33. The smallest absolute Gasteiger partial charge is 0.242 e. The maximum absolute atomic E-state index is 12.4. The highest BCUT2D eigenvalue weighted by molar-refractivity contribution is 7.84. The van der Waals surface area contributed by atoms with Gasteiger partial charge < -0.3 is 0 Å². The molecule has 0 aliphatic carbocycles. The van der Waals surface area contributed by atoms with E-state index in [2.05, 4.69) is 4.72 Å². The van der Waals surface area contributed by atoms with Crippen molar-refractivity contribution in [3.05, 3.63) is 35.4 Å². The molecule has 1 aromatic carbocycles. The molecule has 0 aliphatic heterocycles. The van der Waals surface area contributed by atoms with E-state index in [4.69, 9.17) is 0 Å². The van der Waals surface area contributed by atoms with Crippen LogP contribution in [0.1, 0.15) is 44.9 Å². The molecule has 19 heavy (non-hydrogen) atoms. The fourth-order valence-electron chi connectivity index (χ4n) is 1.37. The van der Waals surface area contributed by atoms with Crippen molar-refractivity contribution in [2.24, 2.45) is 0 Å². The highest BCUT2D eigenvalue weighted by Crippen LogP contribution is 2.30. The van der Waals surface area contributed by atoms with E-state index in [1.54, 1.807) is 6.92 Å². The van der Waals surface area contributed by atoms with Crippen molar-refractivity contribution in [3.8, 4) is 0 Å². The fraction of sp³-hybridized carbons (Fsp3) is 0.538. The van der Waals surface area contributed by atoms with E-state index in [0.29, 0.717) is 5.56 Å². The molecule has 0 spiro atoms. The van der Waals surface area contributed by atoms with Crippen LogP contribution in [0.15, 0.2) is 24.3 Å². The van der Waals surface area contributed by atoms with Crippen molar-refractivity contribution >= 4 is 11.0 Å². The first-order valence-electron chi connectivity index (χ1n) is 5.87. The third kappa shape index (κ3) is 4.62. The molecular weight excluding hydrogens is 275 g/mol. The summed E-state index contributed by atoms with van der Waals surface area (Å²) in [6.45, 7) is 7.26. The number of rotatable bonds is 3. The average Bonchev–Trinajstić information content (AvgIpc) is 2.26. The molecule has 0 bridgehead atoms. The zero-order valence-electron chi connectivity index (χ0n) is 11.3. The van der Waals surface area contributed by atoms with Crippen molar-refractivity contribution < 1.29 is 17.4 Å². The molecule has 1 N–H and O–H groups in total. The first-order chi connectivity index (χ1) is 8.51. The van der Waals surface area contributed by atoms with Crippen LogP contribution in [0, 0.1) is 0 Å². The molecule has 0 fully saturated rings. The van der Waals surface area contributed by atoms with Crippen molar-refractivity contribution in [2.45, 2.75) is 44.7 Å². The van der Waals surface area contributed by atoms with E-state index in [-0.39, 0.29) is 6.04 Å². The van der Waals surface area contributed by atoms with Gasteiger partial charge in [0.1, 0.15) is 0 Å². The second-order valence-corrected chi connectivity index (χ2v) is 7.34. The maximum atomic E-state index is 12.4. The monoisotopic (exact) mass is 293 g/mol. The normalized spacial score (nSPS) is 16.2. The lowest BCUT2D eigenvalue weighted by Gasteiger charge is -2.22. The molecule has 6 heteroatoms. The molecule has 0 aromatic heterocycles. The van der Waals surface area contributed by atoms with Gasteiger partial charge in [0.25, 0.3) is 0 Å². The van der Waals surface area contributed by atoms with Gasteiger partial charge in [-0.25, -0.2) is 8.93 Å². The number of hydrogen-bond donors (Lipinski definition) is 1. The van der Waals surface area contributed by atoms with E-state index in [0.717, 1.165) is 12.1 Å². The molecule has 1 rings (SSSR count). The third-order valence-corrected chi connectivity index (χ3v) is 4.26. The van der Waals surface area contributed by atoms with Gasteiger partial charge in [-0.2, -0.15) is 13.2 Å². The van der Waals surface area contributed by atoms with Gasteiger partial charge in [0, 0.05) is 6.04 Å². The Kier molecular flexibility index (Phi) is 4.79. The van der Waals surface area contributed by atoms with Crippen molar-refractivity contribution in [1.82, 2.24) is 4.72 Å². The Bertz CT molecular complexity index is 448. The quantitative estimate of drug-likeness (QED) is 0.902. The van der Waals surface area contributed by atoms with Crippen LogP contribution in [0.3, 0.4) is 0 Å². The summed E-state index contributed by atoms with van der Waals surface area (Å²) < 4.78 is 51.6. The van der Waals surface area contributed by atoms with Gasteiger partial charge >= 0.3 is 6.18 Å². The zero-order valence-corrected chi connectivity index (χ0v) is 12.2. The summed E-state index contributed by atoms with van der Waals surface area (Å²) in [6, 6.07) is 4.60. The summed E-state index contributed by atoms with van der Waals surface area (Å²) >= 11 is 0. The largest absolute Gasteiger partial charge is 0.416 e. The van der Waals surface area contributed by atoms with Crippen molar-refractivity contribution in [1.29, 1.82) is 0 Å². The molecule has 0 unspecified atom stereocenters. The number of nitrogens with one attached hydrogen (secondary N) is 1. The number of halogens is 3. The maximum Gasteiger partial charge on any atom is 0.416 e. The summed E-state index contributed by atoms with van der Waals surface area (Å²) in [4.78, 5) is 0. The fourth-order valence-corrected chi connectivity index (χ4v) is 2.18. The Morgan fingerprint density at radius 3 is 1.95 bits per heavy atom. The molecule has 0 saturated heterocycles. The first-order valence-corrected chi connectivity index (χ1v) is 7.02. The van der Waals surface area contributed by atoms with Gasteiger partial charge in [-0.15, -0.1) is 0 Å². The van der Waals surface area contributed by atoms with Gasteiger partial charge in [-0.05, 0) is 45.4 Å². The lowest BCUT2D eigenvalue weighted by molar-refractivity contribution is -0.137. The Morgan fingerprint density at radius 2 is 1.58 bits per heavy atom. The lowest BCUT2D eigenvalue weighted by Crippen LogP contribution is -2.34. The number of hydrogen-bond acceptors (Lipinski definition) is 1. The van der Waals surface area contributed by atoms with Crippen molar-refractivity contribution in [2.75, 3.05) is 0 Å². The lowest BCUT2D eigenvalue weighted by atomic mass is 10.1. The predicted molar refractivity (Wildman–Crippen MR) is 70.9 cm³/mol. The minimum atomic E-state index is -4.33. The molecule has 2 nitrogen and oxygen atoms in total. The molecule has 1 aromatic rings. The number of alkyl halides is 3. The summed E-state index contributed by atoms with van der Waals surface area (Å²) in [5, 5.41) is 0. The molecule has 108 valence electrons. The van der Waals surface area contributed by atoms with Gasteiger partial charge in [0.2, 0.25) is 0 Å². The topological polar surface area (TPSA) is 29.1 Å². The SMILES string of the molecule is C[C@H](N[S@@](=O)C(C)(C)C)c1ccc(C(F)(F)F)cc1. The molecule has 0 amide bonds. The van der Waals surface area contributed by atoms with E-state index < -0.39 is 27.5 Å². The Balaban J connectivity index is 2.79. The van der Waals surface area contributed by atoms with E-state index >= 15 is 0 Å². The van der Waals surface area contributed by atoms with E-state index in [1.807, 2.05) is 20.8 Å². The zero-order chi connectivity index (χ0) is 14.8. The van der Waals surface area contributed by atoms with Crippen LogP contribution < -0.4 is 4.72 Å². The summed E-state index contributed by atoms with van der Waals surface area (Å²) in [7, 11) is -1.26. The minimum absolute atomic E-state index is 0.276. The molecule has 0 heterocycles. The van der Waals surface area contributed by atoms with E-state index in [9.17, 15) is 17.4 Å². The Labute approximate surface area is 114 Å². The molecular formula is C13H18F3NOS. The molecule has 0 radical (unpaired) electrons. The molecule has 0 aliphatic rings.